The number of benzene rings is 1. The Bertz CT molecular complexity index is 393. The molecule has 0 fully saturated rings. The number of carbonyl (C=O) groups excluding carboxylic acids is 1. The smallest absolute Gasteiger partial charge is 0.250 e. The van der Waals surface area contributed by atoms with Crippen molar-refractivity contribution in [2.75, 3.05) is 24.3 Å². The summed E-state index contributed by atoms with van der Waals surface area (Å²) >= 11 is 0. The zero-order chi connectivity index (χ0) is 12.3. The van der Waals surface area contributed by atoms with E-state index in [0.717, 1.165) is 0 Å². The van der Waals surface area contributed by atoms with Crippen LogP contribution < -0.4 is 16.4 Å². The van der Waals surface area contributed by atoms with Gasteiger partial charge in [0, 0.05) is 24.5 Å². The third-order valence-corrected chi connectivity index (χ3v) is 2.59. The molecule has 1 rings (SSSR count). The van der Waals surface area contributed by atoms with E-state index in [9.17, 15) is 4.79 Å². The van der Waals surface area contributed by atoms with E-state index in [4.69, 9.17) is 16.6 Å². The molecule has 88 valence electrons. The van der Waals surface area contributed by atoms with E-state index in [0.29, 0.717) is 16.9 Å². The van der Waals surface area contributed by atoms with Crippen molar-refractivity contribution in [1.29, 1.82) is 0 Å². The van der Waals surface area contributed by atoms with Gasteiger partial charge in [-0.15, -0.1) is 0 Å². The van der Waals surface area contributed by atoms with Crippen LogP contribution in [0.4, 0.5) is 11.4 Å². The van der Waals surface area contributed by atoms with Crippen LogP contribution in [0, 0.1) is 0 Å². The molecule has 0 aromatic heterocycles. The Morgan fingerprint density at radius 1 is 1.56 bits per heavy atom. The molecule has 0 aliphatic carbocycles. The largest absolute Gasteiger partial charge is 0.399 e. The highest BCUT2D eigenvalue weighted by Gasteiger charge is 2.15. The zero-order valence-corrected chi connectivity index (χ0v) is 9.47. The summed E-state index contributed by atoms with van der Waals surface area (Å²) in [5.74, 6) is -0.528. The van der Waals surface area contributed by atoms with Crippen molar-refractivity contribution in [1.82, 2.24) is 0 Å². The molecule has 0 aliphatic rings. The summed E-state index contributed by atoms with van der Waals surface area (Å²) in [5, 5.41) is 9.07. The minimum absolute atomic E-state index is 0.000914. The highest BCUT2D eigenvalue weighted by molar-refractivity contribution is 5.99. The van der Waals surface area contributed by atoms with E-state index >= 15 is 0 Å². The van der Waals surface area contributed by atoms with Crippen molar-refractivity contribution < 1.29 is 9.90 Å². The van der Waals surface area contributed by atoms with Crippen LogP contribution >= 0.6 is 0 Å². The fourth-order valence-corrected chi connectivity index (χ4v) is 1.42. The van der Waals surface area contributed by atoms with E-state index in [2.05, 4.69) is 0 Å². The van der Waals surface area contributed by atoms with Gasteiger partial charge >= 0.3 is 0 Å². The van der Waals surface area contributed by atoms with Crippen molar-refractivity contribution in [3.8, 4) is 0 Å². The first-order valence-electron chi connectivity index (χ1n) is 5.00. The molecule has 0 heterocycles. The van der Waals surface area contributed by atoms with Gasteiger partial charge in [0.1, 0.15) is 0 Å². The average Bonchev–Trinajstić information content (AvgIpc) is 2.26. The maximum atomic E-state index is 11.3. The van der Waals surface area contributed by atoms with E-state index in [-0.39, 0.29) is 12.6 Å². The molecule has 0 saturated carbocycles. The Morgan fingerprint density at radius 3 is 2.69 bits per heavy atom. The molecule has 1 unspecified atom stereocenters. The summed E-state index contributed by atoms with van der Waals surface area (Å²) in [4.78, 5) is 13.1. The topological polar surface area (TPSA) is 92.6 Å². The number of rotatable bonds is 4. The van der Waals surface area contributed by atoms with Crippen molar-refractivity contribution in [2.24, 2.45) is 5.73 Å². The lowest BCUT2D eigenvalue weighted by Crippen LogP contribution is -2.33. The van der Waals surface area contributed by atoms with Crippen LogP contribution in [0.25, 0.3) is 0 Å². The second-order valence-electron chi connectivity index (χ2n) is 3.78. The van der Waals surface area contributed by atoms with Crippen molar-refractivity contribution >= 4 is 17.3 Å². The normalized spacial score (nSPS) is 12.2. The summed E-state index contributed by atoms with van der Waals surface area (Å²) in [6.07, 6.45) is 0. The van der Waals surface area contributed by atoms with Gasteiger partial charge in [0.15, 0.2) is 0 Å². The Balaban J connectivity index is 3.17. The second kappa shape index (κ2) is 4.85. The number of nitrogens with two attached hydrogens (primary N) is 2. The molecule has 0 saturated heterocycles. The highest BCUT2D eigenvalue weighted by atomic mass is 16.3. The Labute approximate surface area is 94.7 Å². The molecule has 16 heavy (non-hydrogen) atoms. The lowest BCUT2D eigenvalue weighted by Gasteiger charge is -2.27. The number of aliphatic hydroxyl groups is 1. The molecule has 1 amide bonds. The molecule has 1 aromatic rings. The van der Waals surface area contributed by atoms with Crippen LogP contribution in [0.1, 0.15) is 17.3 Å². The van der Waals surface area contributed by atoms with E-state index in [1.807, 2.05) is 6.92 Å². The number of anilines is 2. The van der Waals surface area contributed by atoms with E-state index in [1.165, 1.54) is 6.07 Å². The summed E-state index contributed by atoms with van der Waals surface area (Å²) < 4.78 is 0. The minimum Gasteiger partial charge on any atom is -0.399 e. The number of primary amides is 1. The lowest BCUT2D eigenvalue weighted by atomic mass is 10.1. The molecule has 0 bridgehead atoms. The SMILES string of the molecule is CC(CO)N(C)c1ccc(N)cc1C(N)=O. The number of aliphatic hydroxyl groups excluding tert-OH is 1. The molecule has 5 heteroatoms. The second-order valence-corrected chi connectivity index (χ2v) is 3.78. The van der Waals surface area contributed by atoms with Crippen molar-refractivity contribution in [3.05, 3.63) is 23.8 Å². The molecular weight excluding hydrogens is 206 g/mol. The molecule has 0 radical (unpaired) electrons. The van der Waals surface area contributed by atoms with Gasteiger partial charge in [-0.2, -0.15) is 0 Å². The number of amides is 1. The van der Waals surface area contributed by atoms with Gasteiger partial charge in [0.2, 0.25) is 0 Å². The van der Waals surface area contributed by atoms with Gasteiger partial charge < -0.3 is 21.5 Å². The summed E-state index contributed by atoms with van der Waals surface area (Å²) in [6.45, 7) is 1.85. The van der Waals surface area contributed by atoms with Gasteiger partial charge in [0.05, 0.1) is 12.2 Å². The molecule has 0 aliphatic heterocycles. The van der Waals surface area contributed by atoms with Crippen LogP contribution in [-0.2, 0) is 0 Å². The predicted octanol–water partition coefficient (Wildman–Crippen LogP) is 0.185. The van der Waals surface area contributed by atoms with Crippen molar-refractivity contribution in [3.63, 3.8) is 0 Å². The quantitative estimate of drug-likeness (QED) is 0.635. The Hall–Kier alpha value is -1.75. The van der Waals surface area contributed by atoms with Crippen LogP contribution in [0.5, 0.6) is 0 Å². The number of hydrogen-bond donors (Lipinski definition) is 3. The first-order valence-corrected chi connectivity index (χ1v) is 5.00. The molecule has 5 N–H and O–H groups in total. The Morgan fingerprint density at radius 2 is 2.19 bits per heavy atom. The standard InChI is InChI=1S/C11H17N3O2/c1-7(6-15)14(2)10-4-3-8(12)5-9(10)11(13)16/h3-5,7,15H,6,12H2,1-2H3,(H2,13,16). The highest BCUT2D eigenvalue weighted by Crippen LogP contribution is 2.23. The third kappa shape index (κ3) is 2.43. The molecular formula is C11H17N3O2. The number of nitrogen functional groups attached to an aromatic ring is 1. The van der Waals surface area contributed by atoms with Gasteiger partial charge in [-0.05, 0) is 25.1 Å². The first-order chi connectivity index (χ1) is 7.47. The number of carbonyl (C=O) groups is 1. The fraction of sp³-hybridized carbons (Fsp3) is 0.364. The van der Waals surface area contributed by atoms with Crippen molar-refractivity contribution in [2.45, 2.75) is 13.0 Å². The van der Waals surface area contributed by atoms with Gasteiger partial charge in [-0.1, -0.05) is 0 Å². The lowest BCUT2D eigenvalue weighted by molar-refractivity contribution is 0.100. The summed E-state index contributed by atoms with van der Waals surface area (Å²) in [6, 6.07) is 4.86. The zero-order valence-electron chi connectivity index (χ0n) is 9.47. The molecule has 0 spiro atoms. The first kappa shape index (κ1) is 12.3. The van der Waals surface area contributed by atoms with Crippen LogP contribution in [-0.4, -0.2) is 30.7 Å². The van der Waals surface area contributed by atoms with Crippen LogP contribution in [0.2, 0.25) is 0 Å². The molecule has 5 nitrogen and oxygen atoms in total. The van der Waals surface area contributed by atoms with Gasteiger partial charge in [-0.3, -0.25) is 4.79 Å². The summed E-state index contributed by atoms with van der Waals surface area (Å²) in [7, 11) is 1.79. The maximum Gasteiger partial charge on any atom is 0.250 e. The predicted molar refractivity (Wildman–Crippen MR) is 64.3 cm³/mol. The summed E-state index contributed by atoms with van der Waals surface area (Å²) in [5.41, 5.74) is 12.4. The number of nitrogens with zero attached hydrogens (tertiary/aromatic N) is 1. The van der Waals surface area contributed by atoms with Gasteiger partial charge in [-0.25, -0.2) is 0 Å². The number of likely N-dealkylation sites (N-methyl/N-ethyl adjacent to an activating group) is 1. The van der Waals surface area contributed by atoms with Crippen LogP contribution in [0.15, 0.2) is 18.2 Å². The molecule has 1 atom stereocenters. The maximum absolute atomic E-state index is 11.3. The minimum atomic E-state index is -0.528. The average molecular weight is 223 g/mol. The molecule has 1 aromatic carbocycles. The monoisotopic (exact) mass is 223 g/mol. The number of hydrogen-bond acceptors (Lipinski definition) is 4. The van der Waals surface area contributed by atoms with E-state index < -0.39 is 5.91 Å². The fourth-order valence-electron chi connectivity index (χ4n) is 1.42. The Kier molecular flexibility index (Phi) is 3.73. The van der Waals surface area contributed by atoms with Gasteiger partial charge in [0.25, 0.3) is 5.91 Å². The third-order valence-electron chi connectivity index (χ3n) is 2.59. The van der Waals surface area contributed by atoms with Crippen LogP contribution in [0.3, 0.4) is 0 Å². The van der Waals surface area contributed by atoms with E-state index in [1.54, 1.807) is 24.1 Å².